The van der Waals surface area contributed by atoms with Crippen molar-refractivity contribution in [2.24, 2.45) is 0 Å². The molecule has 3 amide bonds. The fourth-order valence-corrected chi connectivity index (χ4v) is 2.93. The van der Waals surface area contributed by atoms with E-state index in [1.54, 1.807) is 18.9 Å². The topological polar surface area (TPSA) is 61.4 Å². The van der Waals surface area contributed by atoms with Crippen LogP contribution in [0.15, 0.2) is 24.3 Å². The van der Waals surface area contributed by atoms with E-state index in [0.29, 0.717) is 5.56 Å². The number of urea groups is 1. The highest BCUT2D eigenvalue weighted by Gasteiger charge is 2.30. The van der Waals surface area contributed by atoms with Crippen molar-refractivity contribution in [3.63, 3.8) is 0 Å². The fourth-order valence-electron chi connectivity index (χ4n) is 2.93. The van der Waals surface area contributed by atoms with Crippen molar-refractivity contribution >= 4 is 11.9 Å². The second-order valence-electron chi connectivity index (χ2n) is 6.73. The summed E-state index contributed by atoms with van der Waals surface area (Å²) in [5, 5.41) is 5.10. The zero-order chi connectivity index (χ0) is 19.3. The fraction of sp³-hybridized carbons (Fsp3) is 0.556. The molecular weight excluding hydrogens is 347 g/mol. The molecule has 0 bridgehead atoms. The summed E-state index contributed by atoms with van der Waals surface area (Å²) >= 11 is 0. The summed E-state index contributed by atoms with van der Waals surface area (Å²) in [5.41, 5.74) is -0.0613. The first-order valence-corrected chi connectivity index (χ1v) is 8.64. The van der Waals surface area contributed by atoms with Crippen LogP contribution in [0.2, 0.25) is 0 Å². The van der Waals surface area contributed by atoms with Crippen molar-refractivity contribution in [2.75, 3.05) is 7.05 Å². The number of alkyl halides is 3. The van der Waals surface area contributed by atoms with Crippen LogP contribution >= 0.6 is 0 Å². The largest absolute Gasteiger partial charge is 0.416 e. The molecule has 1 saturated carbocycles. The van der Waals surface area contributed by atoms with Crippen molar-refractivity contribution in [1.82, 2.24) is 15.5 Å². The molecule has 1 aliphatic rings. The summed E-state index contributed by atoms with van der Waals surface area (Å²) < 4.78 is 37.7. The third-order valence-electron chi connectivity index (χ3n) is 4.68. The van der Waals surface area contributed by atoms with Gasteiger partial charge in [-0.3, -0.25) is 15.0 Å². The van der Waals surface area contributed by atoms with Crippen LogP contribution in [0.5, 0.6) is 0 Å². The lowest BCUT2D eigenvalue weighted by molar-refractivity contribution is -0.137. The molecule has 26 heavy (non-hydrogen) atoms. The van der Waals surface area contributed by atoms with Gasteiger partial charge in [0.2, 0.25) is 5.91 Å². The lowest BCUT2D eigenvalue weighted by Crippen LogP contribution is -2.50. The highest BCUT2D eigenvalue weighted by molar-refractivity contribution is 5.96. The van der Waals surface area contributed by atoms with Crippen molar-refractivity contribution < 1.29 is 22.8 Å². The molecule has 0 aromatic heterocycles. The third kappa shape index (κ3) is 5.72. The van der Waals surface area contributed by atoms with Gasteiger partial charge in [0.15, 0.2) is 0 Å². The molecule has 1 aliphatic carbocycles. The van der Waals surface area contributed by atoms with Gasteiger partial charge in [-0.2, -0.15) is 13.2 Å². The Morgan fingerprint density at radius 3 is 2.31 bits per heavy atom. The van der Waals surface area contributed by atoms with Crippen LogP contribution in [0, 0.1) is 0 Å². The number of nitrogens with zero attached hydrogens (tertiary/aromatic N) is 1. The number of hydrogen-bond acceptors (Lipinski definition) is 3. The number of carbonyl (C=O) groups excluding carboxylic acids is 2. The van der Waals surface area contributed by atoms with E-state index >= 15 is 0 Å². The van der Waals surface area contributed by atoms with Gasteiger partial charge in [-0.25, -0.2) is 4.79 Å². The van der Waals surface area contributed by atoms with Crippen LogP contribution in [-0.4, -0.2) is 36.0 Å². The van der Waals surface area contributed by atoms with E-state index < -0.39 is 29.7 Å². The monoisotopic (exact) mass is 371 g/mol. The predicted molar refractivity (Wildman–Crippen MR) is 91.3 cm³/mol. The number of halogens is 3. The van der Waals surface area contributed by atoms with Gasteiger partial charge in [0.25, 0.3) is 0 Å². The van der Waals surface area contributed by atoms with E-state index in [1.807, 2.05) is 0 Å². The lowest BCUT2D eigenvalue weighted by atomic mass is 10.1. The Bertz CT molecular complexity index is 626. The van der Waals surface area contributed by atoms with Crippen LogP contribution in [-0.2, 0) is 17.5 Å². The smallest absolute Gasteiger partial charge is 0.335 e. The third-order valence-corrected chi connectivity index (χ3v) is 4.68. The maximum atomic E-state index is 12.6. The van der Waals surface area contributed by atoms with Crippen molar-refractivity contribution in [2.45, 2.75) is 57.4 Å². The van der Waals surface area contributed by atoms with Crippen LogP contribution < -0.4 is 10.6 Å². The van der Waals surface area contributed by atoms with E-state index in [2.05, 4.69) is 10.6 Å². The van der Waals surface area contributed by atoms with E-state index in [9.17, 15) is 22.8 Å². The van der Waals surface area contributed by atoms with Crippen LogP contribution in [0.1, 0.15) is 43.7 Å². The van der Waals surface area contributed by atoms with Gasteiger partial charge in [0, 0.05) is 12.6 Å². The molecule has 1 aromatic rings. The first-order chi connectivity index (χ1) is 12.2. The molecule has 1 fully saturated rings. The maximum Gasteiger partial charge on any atom is 0.416 e. The molecule has 0 spiro atoms. The first kappa shape index (κ1) is 20.2. The minimum Gasteiger partial charge on any atom is -0.335 e. The van der Waals surface area contributed by atoms with Crippen LogP contribution in [0.4, 0.5) is 18.0 Å². The summed E-state index contributed by atoms with van der Waals surface area (Å²) in [4.78, 5) is 25.7. The summed E-state index contributed by atoms with van der Waals surface area (Å²) in [6, 6.07) is 3.81. The number of nitrogens with one attached hydrogen (secondary N) is 2. The second-order valence-corrected chi connectivity index (χ2v) is 6.73. The quantitative estimate of drug-likeness (QED) is 0.835. The molecule has 1 unspecified atom stereocenters. The SMILES string of the molecule is CC(C(=O)NC(=O)NC1CCCC1)N(C)Cc1ccc(C(F)(F)F)cc1. The molecule has 0 radical (unpaired) electrons. The average Bonchev–Trinajstić information content (AvgIpc) is 3.06. The zero-order valence-electron chi connectivity index (χ0n) is 14.9. The molecule has 0 saturated heterocycles. The molecule has 8 heteroatoms. The lowest BCUT2D eigenvalue weighted by Gasteiger charge is -2.24. The molecule has 1 atom stereocenters. The summed E-state index contributed by atoms with van der Waals surface area (Å²) in [6.07, 6.45) is -0.378. The molecule has 5 nitrogen and oxygen atoms in total. The van der Waals surface area contributed by atoms with Crippen LogP contribution in [0.25, 0.3) is 0 Å². The number of amides is 3. The Morgan fingerprint density at radius 1 is 1.19 bits per heavy atom. The highest BCUT2D eigenvalue weighted by atomic mass is 19.4. The van der Waals surface area contributed by atoms with Gasteiger partial charge in [-0.15, -0.1) is 0 Å². The molecule has 2 N–H and O–H groups in total. The maximum absolute atomic E-state index is 12.6. The van der Waals surface area contributed by atoms with Crippen molar-refractivity contribution in [1.29, 1.82) is 0 Å². The van der Waals surface area contributed by atoms with E-state index in [1.165, 1.54) is 12.1 Å². The first-order valence-electron chi connectivity index (χ1n) is 8.64. The van der Waals surface area contributed by atoms with E-state index in [0.717, 1.165) is 37.8 Å². The minimum absolute atomic E-state index is 0.114. The predicted octanol–water partition coefficient (Wildman–Crippen LogP) is 3.29. The Labute approximate surface area is 150 Å². The van der Waals surface area contributed by atoms with Gasteiger partial charge in [-0.1, -0.05) is 25.0 Å². The number of likely N-dealkylation sites (N-methyl/N-ethyl adjacent to an activating group) is 1. The number of hydrogen-bond donors (Lipinski definition) is 2. The van der Waals surface area contributed by atoms with Crippen LogP contribution in [0.3, 0.4) is 0 Å². The van der Waals surface area contributed by atoms with Gasteiger partial charge in [-0.05, 0) is 44.5 Å². The van der Waals surface area contributed by atoms with Gasteiger partial charge >= 0.3 is 12.2 Å². The Morgan fingerprint density at radius 2 is 1.77 bits per heavy atom. The standard InChI is InChI=1S/C18H24F3N3O2/c1-12(16(25)23-17(26)22-15-5-3-4-6-15)24(2)11-13-7-9-14(10-8-13)18(19,20)21/h7-10,12,15H,3-6,11H2,1-2H3,(H2,22,23,25,26). The number of carbonyl (C=O) groups is 2. The molecule has 0 aliphatic heterocycles. The van der Waals surface area contributed by atoms with Gasteiger partial charge in [0.05, 0.1) is 11.6 Å². The Hall–Kier alpha value is -2.09. The molecular formula is C18H24F3N3O2. The molecule has 1 aromatic carbocycles. The summed E-state index contributed by atoms with van der Waals surface area (Å²) in [6.45, 7) is 1.93. The molecule has 144 valence electrons. The van der Waals surface area contributed by atoms with Gasteiger partial charge < -0.3 is 5.32 Å². The Kier molecular flexibility index (Phi) is 6.63. The Balaban J connectivity index is 1.84. The average molecular weight is 371 g/mol. The number of rotatable bonds is 5. The van der Waals surface area contributed by atoms with Gasteiger partial charge in [0.1, 0.15) is 0 Å². The number of benzene rings is 1. The molecule has 2 rings (SSSR count). The molecule has 0 heterocycles. The summed E-state index contributed by atoms with van der Waals surface area (Å²) in [7, 11) is 1.68. The van der Waals surface area contributed by atoms with Crippen molar-refractivity contribution in [3.05, 3.63) is 35.4 Å². The highest BCUT2D eigenvalue weighted by Crippen LogP contribution is 2.29. The second kappa shape index (κ2) is 8.53. The zero-order valence-corrected chi connectivity index (χ0v) is 14.9. The van der Waals surface area contributed by atoms with E-state index in [4.69, 9.17) is 0 Å². The van der Waals surface area contributed by atoms with E-state index in [-0.39, 0.29) is 12.6 Å². The van der Waals surface area contributed by atoms with Crippen molar-refractivity contribution in [3.8, 4) is 0 Å². The summed E-state index contributed by atoms with van der Waals surface area (Å²) in [5.74, 6) is -0.449. The minimum atomic E-state index is -4.37. The normalized spacial score (nSPS) is 16.5. The number of imide groups is 1.